The molecule has 14 heavy (non-hydrogen) atoms. The molecule has 1 heterocycles. The van der Waals surface area contributed by atoms with Gasteiger partial charge in [0.2, 0.25) is 5.91 Å². The average molecular weight is 216 g/mol. The lowest BCUT2D eigenvalue weighted by atomic mass is 10.2. The highest BCUT2D eigenvalue weighted by Crippen LogP contribution is 2.11. The molecule has 1 amide bonds. The van der Waals surface area contributed by atoms with Gasteiger partial charge in [-0.15, -0.1) is 0 Å². The van der Waals surface area contributed by atoms with Crippen LogP contribution in [0.4, 0.5) is 0 Å². The van der Waals surface area contributed by atoms with Gasteiger partial charge in [0.25, 0.3) is 0 Å². The van der Waals surface area contributed by atoms with E-state index >= 15 is 0 Å². The van der Waals surface area contributed by atoms with Crippen molar-refractivity contribution < 1.29 is 4.79 Å². The van der Waals surface area contributed by atoms with Gasteiger partial charge >= 0.3 is 0 Å². The van der Waals surface area contributed by atoms with Crippen molar-refractivity contribution in [1.29, 1.82) is 0 Å². The van der Waals surface area contributed by atoms with Crippen LogP contribution >= 0.6 is 11.8 Å². The van der Waals surface area contributed by atoms with Crippen LogP contribution in [0.15, 0.2) is 0 Å². The van der Waals surface area contributed by atoms with Gasteiger partial charge in [0.05, 0.1) is 6.04 Å². The fraction of sp³-hybridized carbons (Fsp3) is 0.900. The lowest BCUT2D eigenvalue weighted by Crippen LogP contribution is -2.39. The Labute approximate surface area is 90.6 Å². The van der Waals surface area contributed by atoms with E-state index in [4.69, 9.17) is 0 Å². The molecule has 1 aliphatic heterocycles. The number of hydrogen-bond donors (Lipinski definition) is 1. The maximum atomic E-state index is 11.8. The molecule has 0 radical (unpaired) electrons. The predicted octanol–water partition coefficient (Wildman–Crippen LogP) is 0.950. The Morgan fingerprint density at radius 1 is 1.64 bits per heavy atom. The molecule has 1 saturated heterocycles. The zero-order valence-corrected chi connectivity index (χ0v) is 9.90. The molecular weight excluding hydrogens is 196 g/mol. The first-order valence-electron chi connectivity index (χ1n) is 5.30. The van der Waals surface area contributed by atoms with Crippen LogP contribution < -0.4 is 5.32 Å². The standard InChI is InChI=1S/C10H20N2OS/c1-3-5-11-9-4-6-12(10(9)13)7-8-14-2/h9,11H,3-8H2,1-2H3. The van der Waals surface area contributed by atoms with Gasteiger partial charge in [-0.2, -0.15) is 11.8 Å². The molecule has 1 fully saturated rings. The largest absolute Gasteiger partial charge is 0.340 e. The van der Waals surface area contributed by atoms with Crippen LogP contribution in [0, 0.1) is 0 Å². The summed E-state index contributed by atoms with van der Waals surface area (Å²) in [6, 6.07) is 0.0943. The number of nitrogens with one attached hydrogen (secondary N) is 1. The van der Waals surface area contributed by atoms with Gasteiger partial charge in [0.15, 0.2) is 0 Å². The molecule has 0 spiro atoms. The molecule has 0 bridgehead atoms. The minimum Gasteiger partial charge on any atom is -0.340 e. The van der Waals surface area contributed by atoms with Crippen LogP contribution in [0.25, 0.3) is 0 Å². The third-order valence-corrected chi connectivity index (χ3v) is 3.09. The van der Waals surface area contributed by atoms with E-state index in [0.717, 1.165) is 38.2 Å². The second-order valence-electron chi connectivity index (χ2n) is 3.61. The van der Waals surface area contributed by atoms with E-state index in [9.17, 15) is 4.79 Å². The SMILES string of the molecule is CCCNC1CCN(CCSC)C1=O. The monoisotopic (exact) mass is 216 g/mol. The molecule has 0 saturated carbocycles. The second kappa shape index (κ2) is 6.30. The van der Waals surface area contributed by atoms with E-state index in [0.29, 0.717) is 5.91 Å². The summed E-state index contributed by atoms with van der Waals surface area (Å²) >= 11 is 1.80. The van der Waals surface area contributed by atoms with Crippen LogP contribution in [0.5, 0.6) is 0 Å². The average Bonchev–Trinajstić information content (AvgIpc) is 2.54. The molecule has 1 rings (SSSR count). The molecular formula is C10H20N2OS. The number of carbonyl (C=O) groups excluding carboxylic acids is 1. The smallest absolute Gasteiger partial charge is 0.239 e. The summed E-state index contributed by atoms with van der Waals surface area (Å²) in [7, 11) is 0. The summed E-state index contributed by atoms with van der Waals surface area (Å²) in [5.41, 5.74) is 0. The topological polar surface area (TPSA) is 32.3 Å². The third-order valence-electron chi connectivity index (χ3n) is 2.50. The van der Waals surface area contributed by atoms with E-state index in [-0.39, 0.29) is 6.04 Å². The Morgan fingerprint density at radius 2 is 2.43 bits per heavy atom. The summed E-state index contributed by atoms with van der Waals surface area (Å²) < 4.78 is 0. The molecule has 4 heteroatoms. The van der Waals surface area contributed by atoms with Gasteiger partial charge < -0.3 is 10.2 Å². The molecule has 1 aliphatic rings. The third kappa shape index (κ3) is 3.17. The fourth-order valence-corrected chi connectivity index (χ4v) is 2.07. The van der Waals surface area contributed by atoms with E-state index in [2.05, 4.69) is 18.5 Å². The second-order valence-corrected chi connectivity index (χ2v) is 4.60. The van der Waals surface area contributed by atoms with Gasteiger partial charge in [-0.05, 0) is 25.6 Å². The Bertz CT molecular complexity index is 169. The molecule has 0 aliphatic carbocycles. The van der Waals surface area contributed by atoms with E-state index < -0.39 is 0 Å². The zero-order valence-electron chi connectivity index (χ0n) is 9.08. The molecule has 1 unspecified atom stereocenters. The molecule has 3 nitrogen and oxygen atoms in total. The van der Waals surface area contributed by atoms with E-state index in [1.807, 2.05) is 4.90 Å². The van der Waals surface area contributed by atoms with Crippen LogP contribution in [0.1, 0.15) is 19.8 Å². The maximum Gasteiger partial charge on any atom is 0.239 e. The molecule has 82 valence electrons. The van der Waals surface area contributed by atoms with Gasteiger partial charge in [-0.1, -0.05) is 6.92 Å². The fourth-order valence-electron chi connectivity index (χ4n) is 1.67. The highest BCUT2D eigenvalue weighted by Gasteiger charge is 2.30. The van der Waals surface area contributed by atoms with Crippen molar-refractivity contribution in [2.75, 3.05) is 31.6 Å². The Morgan fingerprint density at radius 3 is 3.07 bits per heavy atom. The zero-order chi connectivity index (χ0) is 10.4. The first-order valence-corrected chi connectivity index (χ1v) is 6.70. The number of likely N-dealkylation sites (tertiary alicyclic amines) is 1. The van der Waals surface area contributed by atoms with Crippen molar-refractivity contribution >= 4 is 17.7 Å². The van der Waals surface area contributed by atoms with Gasteiger partial charge in [-0.3, -0.25) is 4.79 Å². The van der Waals surface area contributed by atoms with Gasteiger partial charge in [0.1, 0.15) is 0 Å². The first-order chi connectivity index (χ1) is 6.79. The van der Waals surface area contributed by atoms with Gasteiger partial charge in [0, 0.05) is 18.8 Å². The van der Waals surface area contributed by atoms with Crippen LogP contribution in [0.3, 0.4) is 0 Å². The van der Waals surface area contributed by atoms with Crippen LogP contribution in [0.2, 0.25) is 0 Å². The highest BCUT2D eigenvalue weighted by molar-refractivity contribution is 7.98. The van der Waals surface area contributed by atoms with E-state index in [1.54, 1.807) is 11.8 Å². The molecule has 1 atom stereocenters. The van der Waals surface area contributed by atoms with Crippen molar-refractivity contribution in [2.24, 2.45) is 0 Å². The number of nitrogens with zero attached hydrogens (tertiary/aromatic N) is 1. The normalized spacial score (nSPS) is 22.0. The van der Waals surface area contributed by atoms with Crippen LogP contribution in [-0.4, -0.2) is 48.5 Å². The Kier molecular flexibility index (Phi) is 5.33. The summed E-state index contributed by atoms with van der Waals surface area (Å²) in [6.07, 6.45) is 4.15. The summed E-state index contributed by atoms with van der Waals surface area (Å²) in [6.45, 7) is 4.91. The van der Waals surface area contributed by atoms with Crippen LogP contribution in [-0.2, 0) is 4.79 Å². The number of rotatable bonds is 6. The van der Waals surface area contributed by atoms with Crippen molar-refractivity contribution in [3.63, 3.8) is 0 Å². The Balaban J connectivity index is 2.28. The maximum absolute atomic E-state index is 11.8. The lowest BCUT2D eigenvalue weighted by Gasteiger charge is -2.16. The van der Waals surface area contributed by atoms with E-state index in [1.165, 1.54) is 0 Å². The minimum absolute atomic E-state index is 0.0943. The molecule has 0 aromatic rings. The van der Waals surface area contributed by atoms with Crippen molar-refractivity contribution in [3.8, 4) is 0 Å². The van der Waals surface area contributed by atoms with Crippen molar-refractivity contribution in [2.45, 2.75) is 25.8 Å². The number of hydrogen-bond acceptors (Lipinski definition) is 3. The minimum atomic E-state index is 0.0943. The summed E-state index contributed by atoms with van der Waals surface area (Å²) in [5, 5.41) is 3.29. The number of carbonyl (C=O) groups is 1. The van der Waals surface area contributed by atoms with Crippen molar-refractivity contribution in [3.05, 3.63) is 0 Å². The summed E-state index contributed by atoms with van der Waals surface area (Å²) in [5.74, 6) is 1.35. The first kappa shape index (κ1) is 11.9. The quantitative estimate of drug-likeness (QED) is 0.717. The Hall–Kier alpha value is -0.220. The highest BCUT2D eigenvalue weighted by atomic mass is 32.2. The molecule has 0 aromatic carbocycles. The van der Waals surface area contributed by atoms with Crippen molar-refractivity contribution in [1.82, 2.24) is 10.2 Å². The predicted molar refractivity (Wildman–Crippen MR) is 61.7 cm³/mol. The summed E-state index contributed by atoms with van der Waals surface area (Å²) in [4.78, 5) is 13.7. The number of thioether (sulfide) groups is 1. The number of amides is 1. The molecule has 1 N–H and O–H groups in total. The molecule has 0 aromatic heterocycles. The van der Waals surface area contributed by atoms with Gasteiger partial charge in [-0.25, -0.2) is 0 Å². The lowest BCUT2D eigenvalue weighted by molar-refractivity contribution is -0.129.